The molecular formula is C20H24FN9O2. The molecule has 4 aromatic heterocycles. The van der Waals surface area contributed by atoms with E-state index in [-0.39, 0.29) is 17.4 Å². The number of rotatable bonds is 6. The molecule has 0 aliphatic rings. The first-order chi connectivity index (χ1) is 15.2. The summed E-state index contributed by atoms with van der Waals surface area (Å²) in [7, 11) is 5.31. The lowest BCUT2D eigenvalue weighted by molar-refractivity contribution is 0.114. The van der Waals surface area contributed by atoms with Gasteiger partial charge in [-0.05, 0) is 27.9 Å². The van der Waals surface area contributed by atoms with E-state index in [9.17, 15) is 9.18 Å². The summed E-state index contributed by atoms with van der Waals surface area (Å²) in [6, 6.07) is 2.45. The lowest BCUT2D eigenvalue weighted by atomic mass is 10.2. The van der Waals surface area contributed by atoms with E-state index in [1.807, 2.05) is 38.9 Å². The molecule has 168 valence electrons. The predicted octanol–water partition coefficient (Wildman–Crippen LogP) is 2.63. The van der Waals surface area contributed by atoms with Crippen molar-refractivity contribution in [2.75, 3.05) is 31.8 Å². The number of urea groups is 1. The van der Waals surface area contributed by atoms with Crippen molar-refractivity contribution in [3.05, 3.63) is 47.6 Å². The highest BCUT2D eigenvalue weighted by molar-refractivity contribution is 6.00. The van der Waals surface area contributed by atoms with Gasteiger partial charge in [-0.2, -0.15) is 5.10 Å². The molecule has 0 fully saturated rings. The Morgan fingerprint density at radius 1 is 1.28 bits per heavy atom. The van der Waals surface area contributed by atoms with Crippen LogP contribution in [-0.4, -0.2) is 61.3 Å². The van der Waals surface area contributed by atoms with Crippen molar-refractivity contribution in [3.63, 3.8) is 0 Å². The minimum absolute atomic E-state index is 0.0905. The third-order valence-electron chi connectivity index (χ3n) is 4.78. The number of nitrogens with zero attached hydrogens (tertiary/aromatic N) is 7. The number of aryl methyl sites for hydroxylation is 1. The quantitative estimate of drug-likeness (QED) is 0.473. The molecule has 0 saturated heterocycles. The van der Waals surface area contributed by atoms with E-state index in [0.29, 0.717) is 29.4 Å². The van der Waals surface area contributed by atoms with Crippen LogP contribution in [0.25, 0.3) is 11.3 Å². The monoisotopic (exact) mass is 441 g/mol. The highest BCUT2D eigenvalue weighted by atomic mass is 19.1. The van der Waals surface area contributed by atoms with Gasteiger partial charge in [0.05, 0.1) is 47.8 Å². The number of nitrogens with one attached hydrogen (secondary N) is 2. The second kappa shape index (κ2) is 8.48. The van der Waals surface area contributed by atoms with Crippen molar-refractivity contribution in [3.8, 4) is 0 Å². The summed E-state index contributed by atoms with van der Waals surface area (Å²) in [6.45, 7) is 4.16. The van der Waals surface area contributed by atoms with E-state index in [0.717, 1.165) is 5.69 Å². The highest BCUT2D eigenvalue weighted by Gasteiger charge is 2.19. The number of anilines is 2. The van der Waals surface area contributed by atoms with Gasteiger partial charge < -0.3 is 20.3 Å². The standard InChI is InChI=1S/C20H24FN9O2/c1-11-6-17-22-8-15(18(12(2)32-5)30(17)26-11)24-20(31)23-13-7-14(21)19-25-16(10-28(3)4)27-29(19)9-13/h6-9,12H,10H2,1-5H3,(H2,23,24,31)/t12-/m0/s1. The first-order valence-corrected chi connectivity index (χ1v) is 9.90. The molecule has 2 N–H and O–H groups in total. The second-order valence-corrected chi connectivity index (χ2v) is 7.68. The zero-order valence-corrected chi connectivity index (χ0v) is 18.4. The molecule has 12 heteroatoms. The molecule has 0 aromatic carbocycles. The van der Waals surface area contributed by atoms with Gasteiger partial charge in [-0.3, -0.25) is 0 Å². The lowest BCUT2D eigenvalue weighted by Crippen LogP contribution is -2.22. The van der Waals surface area contributed by atoms with Crippen LogP contribution < -0.4 is 10.6 Å². The summed E-state index contributed by atoms with van der Waals surface area (Å²) in [4.78, 5) is 23.1. The summed E-state index contributed by atoms with van der Waals surface area (Å²) < 4.78 is 22.9. The number of pyridine rings is 1. The second-order valence-electron chi connectivity index (χ2n) is 7.68. The van der Waals surface area contributed by atoms with Crippen LogP contribution >= 0.6 is 0 Å². The van der Waals surface area contributed by atoms with Gasteiger partial charge in [0.15, 0.2) is 22.9 Å². The molecule has 32 heavy (non-hydrogen) atoms. The van der Waals surface area contributed by atoms with E-state index in [1.165, 1.54) is 23.0 Å². The smallest absolute Gasteiger partial charge is 0.323 e. The fraction of sp³-hybridized carbons (Fsp3) is 0.350. The molecule has 4 aromatic rings. The van der Waals surface area contributed by atoms with Crippen LogP contribution in [0.3, 0.4) is 0 Å². The topological polar surface area (TPSA) is 114 Å². The van der Waals surface area contributed by atoms with Gasteiger partial charge in [0.2, 0.25) is 0 Å². The van der Waals surface area contributed by atoms with Crippen molar-refractivity contribution in [1.29, 1.82) is 0 Å². The molecule has 1 atom stereocenters. The molecule has 0 aliphatic carbocycles. The van der Waals surface area contributed by atoms with Crippen LogP contribution in [0.4, 0.5) is 20.6 Å². The molecular weight excluding hydrogens is 417 g/mol. The number of hydrogen-bond acceptors (Lipinski definition) is 7. The number of fused-ring (bicyclic) bond motifs is 2. The van der Waals surface area contributed by atoms with Gasteiger partial charge in [-0.1, -0.05) is 0 Å². The molecule has 0 saturated carbocycles. The first kappa shape index (κ1) is 21.6. The maximum atomic E-state index is 14.5. The van der Waals surface area contributed by atoms with Crippen LogP contribution in [0.5, 0.6) is 0 Å². The van der Waals surface area contributed by atoms with E-state index >= 15 is 0 Å². The molecule has 2 amide bonds. The van der Waals surface area contributed by atoms with E-state index in [4.69, 9.17) is 4.74 Å². The Balaban J connectivity index is 1.60. The Hall–Kier alpha value is -3.64. The Morgan fingerprint density at radius 3 is 2.78 bits per heavy atom. The van der Waals surface area contributed by atoms with E-state index in [2.05, 4.69) is 30.8 Å². The Labute approximate surface area is 183 Å². The van der Waals surface area contributed by atoms with Gasteiger partial charge in [-0.25, -0.2) is 28.2 Å². The predicted molar refractivity (Wildman–Crippen MR) is 116 cm³/mol. The van der Waals surface area contributed by atoms with Crippen molar-refractivity contribution in [1.82, 2.24) is 34.1 Å². The SMILES string of the molecule is CO[C@@H](C)c1c(NC(=O)Nc2cc(F)c3nc(CN(C)C)nn3c2)cnc2cc(C)nn12. The lowest BCUT2D eigenvalue weighted by Gasteiger charge is -2.17. The fourth-order valence-electron chi connectivity index (χ4n) is 3.36. The van der Waals surface area contributed by atoms with Crippen molar-refractivity contribution < 1.29 is 13.9 Å². The summed E-state index contributed by atoms with van der Waals surface area (Å²) in [5, 5.41) is 14.1. The number of carbonyl (C=O) groups is 1. The maximum absolute atomic E-state index is 14.5. The van der Waals surface area contributed by atoms with Gasteiger partial charge in [0, 0.05) is 19.2 Å². The Bertz CT molecular complexity index is 1300. The van der Waals surface area contributed by atoms with Gasteiger partial charge in [0.25, 0.3) is 0 Å². The van der Waals surface area contributed by atoms with Crippen molar-refractivity contribution in [2.24, 2.45) is 0 Å². The van der Waals surface area contributed by atoms with Crippen molar-refractivity contribution in [2.45, 2.75) is 26.5 Å². The Kier molecular flexibility index (Phi) is 5.72. The summed E-state index contributed by atoms with van der Waals surface area (Å²) in [6.07, 6.45) is 2.67. The van der Waals surface area contributed by atoms with E-state index in [1.54, 1.807) is 11.6 Å². The minimum atomic E-state index is -0.593. The van der Waals surface area contributed by atoms with Gasteiger partial charge in [-0.15, -0.1) is 5.10 Å². The molecule has 0 bridgehead atoms. The van der Waals surface area contributed by atoms with Gasteiger partial charge >= 0.3 is 6.03 Å². The van der Waals surface area contributed by atoms with Crippen molar-refractivity contribution >= 4 is 28.7 Å². The molecule has 0 spiro atoms. The average molecular weight is 441 g/mol. The van der Waals surface area contributed by atoms with Crippen LogP contribution in [-0.2, 0) is 11.3 Å². The zero-order chi connectivity index (χ0) is 23.0. The minimum Gasteiger partial charge on any atom is -0.375 e. The first-order valence-electron chi connectivity index (χ1n) is 9.90. The Morgan fingerprint density at radius 2 is 2.06 bits per heavy atom. The van der Waals surface area contributed by atoms with Crippen LogP contribution in [0.15, 0.2) is 24.5 Å². The van der Waals surface area contributed by atoms with Crippen LogP contribution in [0.1, 0.15) is 30.2 Å². The molecule has 0 unspecified atom stereocenters. The molecule has 4 rings (SSSR count). The maximum Gasteiger partial charge on any atom is 0.323 e. The molecule has 0 radical (unpaired) electrons. The van der Waals surface area contributed by atoms with E-state index < -0.39 is 11.8 Å². The summed E-state index contributed by atoms with van der Waals surface area (Å²) >= 11 is 0. The average Bonchev–Trinajstić information content (AvgIpc) is 3.29. The normalized spacial score (nSPS) is 12.6. The third-order valence-corrected chi connectivity index (χ3v) is 4.78. The molecule has 0 aliphatic heterocycles. The fourth-order valence-corrected chi connectivity index (χ4v) is 3.36. The number of methoxy groups -OCH3 is 1. The van der Waals surface area contributed by atoms with Gasteiger partial charge in [0.1, 0.15) is 0 Å². The molecule has 11 nitrogen and oxygen atoms in total. The van der Waals surface area contributed by atoms with Crippen LogP contribution in [0, 0.1) is 12.7 Å². The number of amides is 2. The number of halogens is 1. The summed E-state index contributed by atoms with van der Waals surface area (Å²) in [5.74, 6) is -0.119. The number of carbonyl (C=O) groups excluding carboxylic acids is 1. The molecule has 4 heterocycles. The number of ether oxygens (including phenoxy) is 1. The summed E-state index contributed by atoms with van der Waals surface area (Å²) in [5.41, 5.74) is 2.79. The highest BCUT2D eigenvalue weighted by Crippen LogP contribution is 2.26. The number of aromatic nitrogens is 6. The number of hydrogen-bond donors (Lipinski definition) is 2. The third kappa shape index (κ3) is 4.22. The largest absolute Gasteiger partial charge is 0.375 e. The van der Waals surface area contributed by atoms with Crippen LogP contribution in [0.2, 0.25) is 0 Å². The zero-order valence-electron chi connectivity index (χ0n) is 18.4.